The summed E-state index contributed by atoms with van der Waals surface area (Å²) < 4.78 is 6.49. The van der Waals surface area contributed by atoms with Crippen molar-refractivity contribution < 1.29 is 0 Å². The zero-order valence-corrected chi connectivity index (χ0v) is 30.3. The Balaban J connectivity index is 1.05. The van der Waals surface area contributed by atoms with Crippen molar-refractivity contribution in [2.45, 2.75) is 0 Å². The van der Waals surface area contributed by atoms with Crippen molar-refractivity contribution in [1.82, 2.24) is 28.7 Å². The average Bonchev–Trinajstić information content (AvgIpc) is 3.88. The number of aryl methyl sites for hydroxylation is 3. The quantitative estimate of drug-likeness (QED) is 0.174. The first-order valence-corrected chi connectivity index (χ1v) is 18.2. The third kappa shape index (κ3) is 5.22. The van der Waals surface area contributed by atoms with E-state index in [4.69, 9.17) is 15.0 Å². The Kier molecular flexibility index (Phi) is 7.37. The van der Waals surface area contributed by atoms with Gasteiger partial charge in [-0.3, -0.25) is 0 Å². The summed E-state index contributed by atoms with van der Waals surface area (Å²) >= 11 is 0. The highest BCUT2D eigenvalue weighted by Gasteiger charge is 2.16. The average molecular weight is 697 g/mol. The van der Waals surface area contributed by atoms with Crippen molar-refractivity contribution >= 4 is 33.1 Å². The van der Waals surface area contributed by atoms with Gasteiger partial charge in [0.05, 0.1) is 33.1 Å². The van der Waals surface area contributed by atoms with E-state index in [9.17, 15) is 0 Å². The van der Waals surface area contributed by atoms with Gasteiger partial charge in [-0.1, -0.05) is 121 Å². The number of imidazole rings is 3. The second-order valence-electron chi connectivity index (χ2n) is 13.9. The molecule has 0 amide bonds. The van der Waals surface area contributed by atoms with Crippen LogP contribution in [0.4, 0.5) is 0 Å². The topological polar surface area (TPSA) is 53.5 Å². The molecule has 54 heavy (non-hydrogen) atoms. The number of hydrogen-bond donors (Lipinski definition) is 0. The minimum absolute atomic E-state index is 0.954. The maximum Gasteiger partial charge on any atom is 0.140 e. The zero-order chi connectivity index (χ0) is 36.3. The van der Waals surface area contributed by atoms with Crippen LogP contribution in [0, 0.1) is 0 Å². The molecule has 0 N–H and O–H groups in total. The first kappa shape index (κ1) is 31.7. The summed E-state index contributed by atoms with van der Waals surface area (Å²) in [5.41, 5.74) is 16.6. The fraction of sp³-hybridized carbons (Fsp3) is 0.0625. The Hall–Kier alpha value is -7.05. The zero-order valence-electron chi connectivity index (χ0n) is 30.3. The molecule has 0 bridgehead atoms. The maximum atomic E-state index is 4.95. The van der Waals surface area contributed by atoms with E-state index in [2.05, 4.69) is 180 Å². The van der Waals surface area contributed by atoms with Crippen molar-refractivity contribution in [3.05, 3.63) is 164 Å². The molecule has 6 nitrogen and oxygen atoms in total. The van der Waals surface area contributed by atoms with E-state index in [0.29, 0.717) is 0 Å². The monoisotopic (exact) mass is 696 g/mol. The predicted octanol–water partition coefficient (Wildman–Crippen LogP) is 11.3. The fourth-order valence-corrected chi connectivity index (χ4v) is 7.83. The predicted molar refractivity (Wildman–Crippen MR) is 222 cm³/mol. The highest BCUT2D eigenvalue weighted by molar-refractivity contribution is 5.89. The molecule has 0 spiro atoms. The molecule has 3 heterocycles. The van der Waals surface area contributed by atoms with Crippen molar-refractivity contribution in [2.24, 2.45) is 21.1 Å². The van der Waals surface area contributed by atoms with Crippen molar-refractivity contribution in [3.8, 4) is 67.5 Å². The van der Waals surface area contributed by atoms with Gasteiger partial charge < -0.3 is 13.7 Å². The van der Waals surface area contributed by atoms with E-state index in [1.165, 1.54) is 11.1 Å². The molecule has 10 rings (SSSR count). The highest BCUT2D eigenvalue weighted by Crippen LogP contribution is 2.38. The summed E-state index contributed by atoms with van der Waals surface area (Å²) in [5, 5.41) is 0. The summed E-state index contributed by atoms with van der Waals surface area (Å²) in [6.07, 6.45) is 0. The van der Waals surface area contributed by atoms with Crippen LogP contribution in [0.15, 0.2) is 164 Å². The summed E-state index contributed by atoms with van der Waals surface area (Å²) in [5.74, 6) is 2.87. The lowest BCUT2D eigenvalue weighted by molar-refractivity contribution is 0.959. The molecule has 0 aliphatic heterocycles. The largest absolute Gasteiger partial charge is 0.327 e. The Morgan fingerprint density at radius 3 is 1.00 bits per heavy atom. The second kappa shape index (κ2) is 12.6. The molecular weight excluding hydrogens is 661 g/mol. The second-order valence-corrected chi connectivity index (χ2v) is 13.9. The first-order chi connectivity index (χ1) is 26.5. The van der Waals surface area contributed by atoms with Gasteiger partial charge >= 0.3 is 0 Å². The molecule has 0 saturated carbocycles. The number of para-hydroxylation sites is 6. The number of aromatic nitrogens is 6. The van der Waals surface area contributed by atoms with Gasteiger partial charge in [-0.2, -0.15) is 0 Å². The molecule has 0 radical (unpaired) electrons. The minimum atomic E-state index is 0.954. The molecule has 0 saturated heterocycles. The molecule has 3 aromatic heterocycles. The van der Waals surface area contributed by atoms with Gasteiger partial charge in [0.2, 0.25) is 0 Å². The lowest BCUT2D eigenvalue weighted by atomic mass is 9.90. The van der Waals surface area contributed by atoms with Gasteiger partial charge in [0.15, 0.2) is 0 Å². The van der Waals surface area contributed by atoms with Crippen LogP contribution in [0.25, 0.3) is 101 Å². The Morgan fingerprint density at radius 2 is 0.611 bits per heavy atom. The minimum Gasteiger partial charge on any atom is -0.327 e. The van der Waals surface area contributed by atoms with Crippen LogP contribution in [0.2, 0.25) is 0 Å². The van der Waals surface area contributed by atoms with Crippen LogP contribution in [0.1, 0.15) is 0 Å². The molecule has 0 aliphatic rings. The van der Waals surface area contributed by atoms with E-state index in [-0.39, 0.29) is 0 Å². The summed E-state index contributed by atoms with van der Waals surface area (Å²) in [6, 6.07) is 58.0. The molecule has 6 heteroatoms. The fourth-order valence-electron chi connectivity index (χ4n) is 7.83. The molecule has 258 valence electrons. The van der Waals surface area contributed by atoms with E-state index in [0.717, 1.165) is 89.5 Å². The third-order valence-electron chi connectivity index (χ3n) is 10.8. The van der Waals surface area contributed by atoms with E-state index >= 15 is 0 Å². The van der Waals surface area contributed by atoms with Crippen LogP contribution in [0.3, 0.4) is 0 Å². The molecule has 0 atom stereocenters. The van der Waals surface area contributed by atoms with E-state index < -0.39 is 0 Å². The van der Waals surface area contributed by atoms with E-state index in [1.54, 1.807) is 0 Å². The number of fused-ring (bicyclic) bond motifs is 3. The standard InChI is InChI=1S/C48H36N6/c1-52-43-13-7-4-10-40(43)49-46(52)34-22-16-31(17-23-34)37-28-29-38(32-18-24-35(25-19-32)47-50-41-11-5-8-14-44(41)53(47)2)39(30-37)33-20-26-36(27-21-33)48-51-42-12-6-9-15-45(42)54(48)3/h4-30H,1-3H3. The normalized spacial score (nSPS) is 11.6. The van der Waals surface area contributed by atoms with Gasteiger partial charge in [-0.15, -0.1) is 0 Å². The Bertz CT molecular complexity index is 3000. The highest BCUT2D eigenvalue weighted by atomic mass is 15.1. The number of nitrogens with zero attached hydrogens (tertiary/aromatic N) is 6. The van der Waals surface area contributed by atoms with Crippen LogP contribution in [0.5, 0.6) is 0 Å². The lowest BCUT2D eigenvalue weighted by Gasteiger charge is -2.15. The van der Waals surface area contributed by atoms with Gasteiger partial charge in [0.25, 0.3) is 0 Å². The summed E-state index contributed by atoms with van der Waals surface area (Å²) in [4.78, 5) is 14.8. The third-order valence-corrected chi connectivity index (χ3v) is 10.8. The van der Waals surface area contributed by atoms with E-state index in [1.807, 2.05) is 18.2 Å². The molecular formula is C48H36N6. The van der Waals surface area contributed by atoms with Gasteiger partial charge in [-0.05, 0) is 75.8 Å². The maximum absolute atomic E-state index is 4.95. The Morgan fingerprint density at radius 1 is 0.296 bits per heavy atom. The van der Waals surface area contributed by atoms with Crippen molar-refractivity contribution in [1.29, 1.82) is 0 Å². The molecule has 7 aromatic carbocycles. The molecule has 10 aromatic rings. The lowest BCUT2D eigenvalue weighted by Crippen LogP contribution is -1.94. The molecule has 0 unspecified atom stereocenters. The first-order valence-electron chi connectivity index (χ1n) is 18.2. The number of hydrogen-bond acceptors (Lipinski definition) is 3. The number of rotatable bonds is 6. The summed E-state index contributed by atoms with van der Waals surface area (Å²) in [7, 11) is 6.24. The molecule has 0 fully saturated rings. The Labute approximate surface area is 313 Å². The smallest absolute Gasteiger partial charge is 0.140 e. The van der Waals surface area contributed by atoms with Crippen molar-refractivity contribution in [3.63, 3.8) is 0 Å². The van der Waals surface area contributed by atoms with Crippen molar-refractivity contribution in [2.75, 3.05) is 0 Å². The SMILES string of the molecule is Cn1c(-c2ccc(-c3ccc(-c4ccc(-c5nc6ccccc6n5C)cc4)c(-c4ccc(-c5nc6ccccc6n5C)cc4)c3)cc2)nc2ccccc21. The van der Waals surface area contributed by atoms with Gasteiger partial charge in [0.1, 0.15) is 17.5 Å². The van der Waals surface area contributed by atoms with Gasteiger partial charge in [-0.25, -0.2) is 15.0 Å². The van der Waals surface area contributed by atoms with Gasteiger partial charge in [0, 0.05) is 37.8 Å². The number of benzene rings is 7. The molecule has 0 aliphatic carbocycles. The van der Waals surface area contributed by atoms with Crippen LogP contribution >= 0.6 is 0 Å². The van der Waals surface area contributed by atoms with Crippen LogP contribution in [-0.2, 0) is 21.1 Å². The van der Waals surface area contributed by atoms with Crippen LogP contribution < -0.4 is 0 Å². The summed E-state index contributed by atoms with van der Waals surface area (Å²) in [6.45, 7) is 0. The van der Waals surface area contributed by atoms with Crippen LogP contribution in [-0.4, -0.2) is 28.7 Å².